The standard InChI is InChI=1S/C18H19N3/c1-2-19-18(17-9-5-6-11-20-17)13-14-10-12-21-16-8-4-3-7-15(14)16/h3-12,18-19H,2,13H2,1H3. The van der Waals surface area contributed by atoms with Gasteiger partial charge in [0.2, 0.25) is 0 Å². The van der Waals surface area contributed by atoms with Crippen LogP contribution >= 0.6 is 0 Å². The molecule has 0 saturated heterocycles. The van der Waals surface area contributed by atoms with Crippen molar-refractivity contribution < 1.29 is 0 Å². The molecule has 1 aromatic carbocycles. The number of rotatable bonds is 5. The monoisotopic (exact) mass is 277 g/mol. The van der Waals surface area contributed by atoms with E-state index in [0.717, 1.165) is 24.2 Å². The van der Waals surface area contributed by atoms with Gasteiger partial charge in [-0.2, -0.15) is 0 Å². The number of hydrogen-bond donors (Lipinski definition) is 1. The third-order valence-corrected chi connectivity index (χ3v) is 3.66. The Balaban J connectivity index is 1.95. The van der Waals surface area contributed by atoms with Crippen LogP contribution in [0.15, 0.2) is 60.9 Å². The maximum Gasteiger partial charge on any atom is 0.0704 e. The average Bonchev–Trinajstić information content (AvgIpc) is 2.55. The molecule has 0 amide bonds. The Morgan fingerprint density at radius 2 is 1.81 bits per heavy atom. The second-order valence-electron chi connectivity index (χ2n) is 5.06. The quantitative estimate of drug-likeness (QED) is 0.775. The van der Waals surface area contributed by atoms with Crippen molar-refractivity contribution in [3.8, 4) is 0 Å². The van der Waals surface area contributed by atoms with E-state index in [1.165, 1.54) is 10.9 Å². The Morgan fingerprint density at radius 3 is 2.62 bits per heavy atom. The highest BCUT2D eigenvalue weighted by Crippen LogP contribution is 2.22. The fourth-order valence-electron chi connectivity index (χ4n) is 2.66. The molecule has 2 heterocycles. The summed E-state index contributed by atoms with van der Waals surface area (Å²) in [6, 6.07) is 16.7. The van der Waals surface area contributed by atoms with E-state index in [4.69, 9.17) is 0 Å². The van der Waals surface area contributed by atoms with Gasteiger partial charge >= 0.3 is 0 Å². The second kappa shape index (κ2) is 6.46. The van der Waals surface area contributed by atoms with Crippen molar-refractivity contribution in [3.63, 3.8) is 0 Å². The molecule has 3 rings (SSSR count). The van der Waals surface area contributed by atoms with Gasteiger partial charge in [-0.25, -0.2) is 0 Å². The molecule has 21 heavy (non-hydrogen) atoms. The first kappa shape index (κ1) is 13.7. The number of nitrogens with one attached hydrogen (secondary N) is 1. The molecule has 1 atom stereocenters. The van der Waals surface area contributed by atoms with E-state index < -0.39 is 0 Å². The first-order valence-electron chi connectivity index (χ1n) is 7.35. The number of likely N-dealkylation sites (N-methyl/N-ethyl adjacent to an activating group) is 1. The molecule has 0 bridgehead atoms. The fraction of sp³-hybridized carbons (Fsp3) is 0.222. The molecule has 0 spiro atoms. The summed E-state index contributed by atoms with van der Waals surface area (Å²) in [6.45, 7) is 3.05. The molecule has 3 nitrogen and oxygen atoms in total. The average molecular weight is 277 g/mol. The van der Waals surface area contributed by atoms with Gasteiger partial charge < -0.3 is 5.32 Å². The predicted octanol–water partition coefficient (Wildman–Crippen LogP) is 3.52. The Morgan fingerprint density at radius 1 is 0.952 bits per heavy atom. The molecular weight excluding hydrogens is 258 g/mol. The van der Waals surface area contributed by atoms with Crippen molar-refractivity contribution in [2.75, 3.05) is 6.54 Å². The number of para-hydroxylation sites is 1. The molecule has 0 aliphatic carbocycles. The highest BCUT2D eigenvalue weighted by Gasteiger charge is 2.13. The van der Waals surface area contributed by atoms with E-state index >= 15 is 0 Å². The van der Waals surface area contributed by atoms with E-state index in [0.29, 0.717) is 0 Å². The smallest absolute Gasteiger partial charge is 0.0704 e. The zero-order chi connectivity index (χ0) is 14.5. The summed E-state index contributed by atoms with van der Waals surface area (Å²) >= 11 is 0. The molecule has 0 aliphatic heterocycles. The van der Waals surface area contributed by atoms with Gasteiger partial charge in [0.05, 0.1) is 17.3 Å². The summed E-state index contributed by atoms with van der Waals surface area (Å²) in [7, 11) is 0. The number of benzene rings is 1. The number of fused-ring (bicyclic) bond motifs is 1. The highest BCUT2D eigenvalue weighted by molar-refractivity contribution is 5.81. The molecule has 3 aromatic rings. The van der Waals surface area contributed by atoms with Crippen molar-refractivity contribution >= 4 is 10.9 Å². The molecule has 2 aromatic heterocycles. The molecular formula is C18H19N3. The van der Waals surface area contributed by atoms with Gasteiger partial charge in [-0.15, -0.1) is 0 Å². The lowest BCUT2D eigenvalue weighted by Gasteiger charge is -2.18. The van der Waals surface area contributed by atoms with Gasteiger partial charge in [0.15, 0.2) is 0 Å². The minimum absolute atomic E-state index is 0.224. The third-order valence-electron chi connectivity index (χ3n) is 3.66. The molecule has 0 saturated carbocycles. The van der Waals surface area contributed by atoms with Gasteiger partial charge in [-0.05, 0) is 42.8 Å². The molecule has 1 N–H and O–H groups in total. The Bertz CT molecular complexity index is 704. The first-order valence-corrected chi connectivity index (χ1v) is 7.35. The summed E-state index contributed by atoms with van der Waals surface area (Å²) < 4.78 is 0. The van der Waals surface area contributed by atoms with Crippen molar-refractivity contribution in [2.45, 2.75) is 19.4 Å². The molecule has 0 radical (unpaired) electrons. The lowest BCUT2D eigenvalue weighted by molar-refractivity contribution is 0.538. The van der Waals surface area contributed by atoms with Crippen LogP contribution in [0.1, 0.15) is 24.2 Å². The van der Waals surface area contributed by atoms with Crippen LogP contribution in [0.5, 0.6) is 0 Å². The van der Waals surface area contributed by atoms with E-state index in [1.54, 1.807) is 0 Å². The summed E-state index contributed by atoms with van der Waals surface area (Å²) in [5.74, 6) is 0. The van der Waals surface area contributed by atoms with Crippen LogP contribution in [0, 0.1) is 0 Å². The lowest BCUT2D eigenvalue weighted by atomic mass is 9.99. The van der Waals surface area contributed by atoms with Crippen LogP contribution in [-0.4, -0.2) is 16.5 Å². The van der Waals surface area contributed by atoms with Crippen LogP contribution in [0.4, 0.5) is 0 Å². The van der Waals surface area contributed by atoms with Crippen molar-refractivity contribution in [3.05, 3.63) is 72.2 Å². The van der Waals surface area contributed by atoms with Gasteiger partial charge in [-0.1, -0.05) is 31.2 Å². The van der Waals surface area contributed by atoms with Crippen molar-refractivity contribution in [2.24, 2.45) is 0 Å². The Kier molecular flexibility index (Phi) is 4.22. The molecule has 1 unspecified atom stereocenters. The highest BCUT2D eigenvalue weighted by atomic mass is 14.9. The number of nitrogens with zero attached hydrogens (tertiary/aromatic N) is 2. The second-order valence-corrected chi connectivity index (χ2v) is 5.06. The zero-order valence-corrected chi connectivity index (χ0v) is 12.2. The number of hydrogen-bond acceptors (Lipinski definition) is 3. The number of aromatic nitrogens is 2. The van der Waals surface area contributed by atoms with Crippen LogP contribution in [0.3, 0.4) is 0 Å². The van der Waals surface area contributed by atoms with Crippen LogP contribution in [-0.2, 0) is 6.42 Å². The van der Waals surface area contributed by atoms with Crippen molar-refractivity contribution in [1.82, 2.24) is 15.3 Å². The molecule has 0 fully saturated rings. The molecule has 3 heteroatoms. The SMILES string of the molecule is CCNC(Cc1ccnc2ccccc12)c1ccccn1. The van der Waals surface area contributed by atoms with Gasteiger partial charge in [0.25, 0.3) is 0 Å². The topological polar surface area (TPSA) is 37.8 Å². The fourth-order valence-corrected chi connectivity index (χ4v) is 2.66. The van der Waals surface area contributed by atoms with E-state index in [1.807, 2.05) is 30.6 Å². The largest absolute Gasteiger partial charge is 0.309 e. The Hall–Kier alpha value is -2.26. The molecule has 106 valence electrons. The maximum atomic E-state index is 4.50. The third kappa shape index (κ3) is 3.09. The number of pyridine rings is 2. The maximum absolute atomic E-state index is 4.50. The van der Waals surface area contributed by atoms with Crippen LogP contribution in [0.2, 0.25) is 0 Å². The van der Waals surface area contributed by atoms with Crippen LogP contribution < -0.4 is 5.32 Å². The van der Waals surface area contributed by atoms with Gasteiger partial charge in [-0.3, -0.25) is 9.97 Å². The summed E-state index contributed by atoms with van der Waals surface area (Å²) in [6.07, 6.45) is 4.65. The summed E-state index contributed by atoms with van der Waals surface area (Å²) in [5, 5.41) is 4.75. The minimum atomic E-state index is 0.224. The van der Waals surface area contributed by atoms with Crippen LogP contribution in [0.25, 0.3) is 10.9 Å². The lowest BCUT2D eigenvalue weighted by Crippen LogP contribution is -2.23. The zero-order valence-electron chi connectivity index (χ0n) is 12.2. The normalized spacial score (nSPS) is 12.4. The Labute approximate surface area is 125 Å². The minimum Gasteiger partial charge on any atom is -0.309 e. The first-order chi connectivity index (χ1) is 10.4. The molecule has 0 aliphatic rings. The van der Waals surface area contributed by atoms with E-state index in [-0.39, 0.29) is 6.04 Å². The summed E-state index contributed by atoms with van der Waals surface area (Å²) in [5.41, 5.74) is 3.43. The predicted molar refractivity (Wildman–Crippen MR) is 86.1 cm³/mol. The van der Waals surface area contributed by atoms with Crippen molar-refractivity contribution in [1.29, 1.82) is 0 Å². The van der Waals surface area contributed by atoms with Gasteiger partial charge in [0.1, 0.15) is 0 Å². The van der Waals surface area contributed by atoms with E-state index in [9.17, 15) is 0 Å². The summed E-state index contributed by atoms with van der Waals surface area (Å²) in [4.78, 5) is 8.93. The van der Waals surface area contributed by atoms with Gasteiger partial charge in [0, 0.05) is 17.8 Å². The van der Waals surface area contributed by atoms with E-state index in [2.05, 4.69) is 52.5 Å².